The van der Waals surface area contributed by atoms with Crippen molar-refractivity contribution in [2.75, 3.05) is 32.8 Å². The lowest BCUT2D eigenvalue weighted by atomic mass is 9.91. The molecule has 2 rings (SSSR count). The lowest BCUT2D eigenvalue weighted by Crippen LogP contribution is -2.48. The molecule has 2 aliphatic rings. The maximum Gasteiger partial charge on any atom is 0.325 e. The van der Waals surface area contributed by atoms with E-state index >= 15 is 0 Å². The zero-order valence-corrected chi connectivity index (χ0v) is 12.8. The highest BCUT2D eigenvalue weighted by molar-refractivity contribution is 6.08. The Bertz CT molecular complexity index is 446. The summed E-state index contributed by atoms with van der Waals surface area (Å²) in [6.07, 6.45) is 0.555. The monoisotopic (exact) mass is 297 g/mol. The van der Waals surface area contributed by atoms with Crippen molar-refractivity contribution in [3.63, 3.8) is 0 Å². The second kappa shape index (κ2) is 6.01. The van der Waals surface area contributed by atoms with Crippen molar-refractivity contribution in [2.45, 2.75) is 32.7 Å². The molecule has 0 aromatic carbocycles. The van der Waals surface area contributed by atoms with E-state index in [9.17, 15) is 14.4 Å². The summed E-state index contributed by atoms with van der Waals surface area (Å²) in [5.74, 6) is -0.257. The van der Waals surface area contributed by atoms with E-state index in [0.717, 1.165) is 4.90 Å². The molecule has 118 valence electrons. The van der Waals surface area contributed by atoms with Gasteiger partial charge in [-0.2, -0.15) is 0 Å². The van der Waals surface area contributed by atoms with Crippen molar-refractivity contribution in [2.24, 2.45) is 5.92 Å². The van der Waals surface area contributed by atoms with Gasteiger partial charge in [-0.3, -0.25) is 14.5 Å². The van der Waals surface area contributed by atoms with Gasteiger partial charge in [0.15, 0.2) is 0 Å². The topological polar surface area (TPSA) is 79.0 Å². The zero-order valence-electron chi connectivity index (χ0n) is 12.8. The molecule has 2 aliphatic heterocycles. The van der Waals surface area contributed by atoms with Crippen molar-refractivity contribution in [1.82, 2.24) is 15.1 Å². The summed E-state index contributed by atoms with van der Waals surface area (Å²) < 4.78 is 5.19. The van der Waals surface area contributed by atoms with Crippen LogP contribution in [-0.4, -0.2) is 66.0 Å². The van der Waals surface area contributed by atoms with Gasteiger partial charge in [0.05, 0.1) is 13.2 Å². The Morgan fingerprint density at radius 3 is 2.52 bits per heavy atom. The number of nitrogens with one attached hydrogen (secondary N) is 1. The fourth-order valence-corrected chi connectivity index (χ4v) is 2.89. The van der Waals surface area contributed by atoms with Gasteiger partial charge in [0.2, 0.25) is 5.91 Å². The first kappa shape index (κ1) is 15.8. The second-order valence-electron chi connectivity index (χ2n) is 6.24. The van der Waals surface area contributed by atoms with Crippen LogP contribution in [0.3, 0.4) is 0 Å². The molecule has 1 N–H and O–H groups in total. The lowest BCUT2D eigenvalue weighted by Gasteiger charge is -2.28. The molecule has 7 nitrogen and oxygen atoms in total. The molecule has 0 aromatic rings. The Morgan fingerprint density at radius 1 is 1.33 bits per heavy atom. The second-order valence-corrected chi connectivity index (χ2v) is 6.24. The highest BCUT2D eigenvalue weighted by Crippen LogP contribution is 2.24. The molecule has 0 aromatic heterocycles. The van der Waals surface area contributed by atoms with Crippen molar-refractivity contribution in [3.8, 4) is 0 Å². The molecule has 4 amide bonds. The number of rotatable bonds is 4. The Hall–Kier alpha value is -1.63. The highest BCUT2D eigenvalue weighted by Gasteiger charge is 2.48. The molecule has 0 saturated carbocycles. The number of hydrogen-bond donors (Lipinski definition) is 1. The van der Waals surface area contributed by atoms with Crippen molar-refractivity contribution >= 4 is 17.8 Å². The third-order valence-corrected chi connectivity index (χ3v) is 3.82. The van der Waals surface area contributed by atoms with Gasteiger partial charge in [-0.1, -0.05) is 13.8 Å². The van der Waals surface area contributed by atoms with Crippen LogP contribution in [0.1, 0.15) is 27.2 Å². The van der Waals surface area contributed by atoms with Gasteiger partial charge in [-0.25, -0.2) is 4.79 Å². The van der Waals surface area contributed by atoms with E-state index in [2.05, 4.69) is 5.32 Å². The average Bonchev–Trinajstić information content (AvgIpc) is 2.62. The van der Waals surface area contributed by atoms with Crippen LogP contribution < -0.4 is 5.32 Å². The van der Waals surface area contributed by atoms with Gasteiger partial charge in [-0.15, -0.1) is 0 Å². The SMILES string of the molecule is CC(C)C[C@@]1(C)NC(=O)N(CC(=O)N2CCOCC2)C1=O. The summed E-state index contributed by atoms with van der Waals surface area (Å²) in [6, 6.07) is -0.482. The Morgan fingerprint density at radius 2 is 1.95 bits per heavy atom. The first-order valence-corrected chi connectivity index (χ1v) is 7.33. The number of imide groups is 1. The van der Waals surface area contributed by atoms with Gasteiger partial charge in [0, 0.05) is 13.1 Å². The predicted octanol–water partition coefficient (Wildman–Crippen LogP) is 0.202. The van der Waals surface area contributed by atoms with Gasteiger partial charge in [-0.05, 0) is 19.3 Å². The van der Waals surface area contributed by atoms with Crippen LogP contribution in [0.15, 0.2) is 0 Å². The highest BCUT2D eigenvalue weighted by atomic mass is 16.5. The normalized spacial score (nSPS) is 26.5. The molecule has 0 bridgehead atoms. The Balaban J connectivity index is 2.01. The molecule has 0 unspecified atom stereocenters. The molecule has 0 radical (unpaired) electrons. The van der Waals surface area contributed by atoms with E-state index in [1.54, 1.807) is 11.8 Å². The first-order chi connectivity index (χ1) is 9.83. The number of carbonyl (C=O) groups excluding carboxylic acids is 3. The van der Waals surface area contributed by atoms with E-state index in [1.165, 1.54) is 0 Å². The van der Waals surface area contributed by atoms with Crippen LogP contribution in [0.25, 0.3) is 0 Å². The van der Waals surface area contributed by atoms with Gasteiger partial charge in [0.25, 0.3) is 5.91 Å². The van der Waals surface area contributed by atoms with Crippen LogP contribution in [0, 0.1) is 5.92 Å². The number of amides is 4. The molecular weight excluding hydrogens is 274 g/mol. The van der Waals surface area contributed by atoms with Crippen LogP contribution in [0.2, 0.25) is 0 Å². The fourth-order valence-electron chi connectivity index (χ4n) is 2.89. The summed E-state index contributed by atoms with van der Waals surface area (Å²) in [5.41, 5.74) is -0.906. The summed E-state index contributed by atoms with van der Waals surface area (Å²) >= 11 is 0. The largest absolute Gasteiger partial charge is 0.378 e. The molecule has 2 heterocycles. The minimum atomic E-state index is -0.906. The Kier molecular flexibility index (Phi) is 4.51. The number of nitrogens with zero attached hydrogens (tertiary/aromatic N) is 2. The maximum atomic E-state index is 12.4. The molecular formula is C14H23N3O4. The van der Waals surface area contributed by atoms with Crippen molar-refractivity contribution in [3.05, 3.63) is 0 Å². The van der Waals surface area contributed by atoms with E-state index in [-0.39, 0.29) is 24.3 Å². The third kappa shape index (κ3) is 3.34. The van der Waals surface area contributed by atoms with Gasteiger partial charge in [0.1, 0.15) is 12.1 Å². The van der Waals surface area contributed by atoms with E-state index in [1.807, 2.05) is 13.8 Å². The maximum absolute atomic E-state index is 12.4. The minimum absolute atomic E-state index is 0.196. The van der Waals surface area contributed by atoms with Crippen molar-refractivity contribution in [1.29, 1.82) is 0 Å². The van der Waals surface area contributed by atoms with Crippen LogP contribution >= 0.6 is 0 Å². The summed E-state index contributed by atoms with van der Waals surface area (Å²) in [7, 11) is 0. The Labute approximate surface area is 124 Å². The fraction of sp³-hybridized carbons (Fsp3) is 0.786. The molecule has 7 heteroatoms. The van der Waals surface area contributed by atoms with Crippen molar-refractivity contribution < 1.29 is 19.1 Å². The predicted molar refractivity (Wildman–Crippen MR) is 75.5 cm³/mol. The molecule has 0 aliphatic carbocycles. The smallest absolute Gasteiger partial charge is 0.325 e. The molecule has 2 saturated heterocycles. The minimum Gasteiger partial charge on any atom is -0.378 e. The van der Waals surface area contributed by atoms with Crippen LogP contribution in [-0.2, 0) is 14.3 Å². The molecule has 21 heavy (non-hydrogen) atoms. The van der Waals surface area contributed by atoms with E-state index in [4.69, 9.17) is 4.74 Å². The van der Waals surface area contributed by atoms with E-state index < -0.39 is 11.6 Å². The first-order valence-electron chi connectivity index (χ1n) is 7.33. The summed E-state index contributed by atoms with van der Waals surface area (Å²) in [6.45, 7) is 7.51. The third-order valence-electron chi connectivity index (χ3n) is 3.82. The van der Waals surface area contributed by atoms with Gasteiger partial charge >= 0.3 is 6.03 Å². The number of carbonyl (C=O) groups is 3. The quantitative estimate of drug-likeness (QED) is 0.752. The average molecular weight is 297 g/mol. The molecule has 2 fully saturated rings. The lowest BCUT2D eigenvalue weighted by molar-refractivity contribution is -0.141. The number of urea groups is 1. The van der Waals surface area contributed by atoms with Crippen LogP contribution in [0.5, 0.6) is 0 Å². The van der Waals surface area contributed by atoms with E-state index in [0.29, 0.717) is 32.7 Å². The standard InChI is InChI=1S/C14H23N3O4/c1-10(2)8-14(3)12(19)17(13(20)15-14)9-11(18)16-4-6-21-7-5-16/h10H,4-9H2,1-3H3,(H,15,20)/t14-/m1/s1. The summed E-state index contributed by atoms with van der Waals surface area (Å²) in [4.78, 5) is 39.3. The van der Waals surface area contributed by atoms with Gasteiger partial charge < -0.3 is 15.0 Å². The number of ether oxygens (including phenoxy) is 1. The zero-order chi connectivity index (χ0) is 15.6. The number of morpholine rings is 1. The molecule has 0 spiro atoms. The van der Waals surface area contributed by atoms with Crippen LogP contribution in [0.4, 0.5) is 4.79 Å². The summed E-state index contributed by atoms with van der Waals surface area (Å²) in [5, 5.41) is 2.71. The number of hydrogen-bond acceptors (Lipinski definition) is 4. The molecule has 1 atom stereocenters.